The molecule has 2 rings (SSSR count). The van der Waals surface area contributed by atoms with Crippen molar-refractivity contribution < 1.29 is 17.5 Å². The number of guanidine groups is 1. The number of rotatable bonds is 10. The molecule has 9 heteroatoms. The SMILES string of the molecule is CCNC(=NCC(C)(C)c1cccc(F)c1)NCCS(=O)(=O)NCC1CCCCO1. The van der Waals surface area contributed by atoms with Crippen molar-refractivity contribution in [2.75, 3.05) is 38.5 Å². The largest absolute Gasteiger partial charge is 0.377 e. The van der Waals surface area contributed by atoms with Crippen LogP contribution in [0.15, 0.2) is 29.3 Å². The maximum absolute atomic E-state index is 13.5. The topological polar surface area (TPSA) is 91.8 Å². The van der Waals surface area contributed by atoms with Crippen LogP contribution in [0, 0.1) is 5.82 Å². The number of benzene rings is 1. The van der Waals surface area contributed by atoms with Crippen LogP contribution in [0.4, 0.5) is 4.39 Å². The minimum Gasteiger partial charge on any atom is -0.377 e. The summed E-state index contributed by atoms with van der Waals surface area (Å²) < 4.78 is 46.2. The second-order valence-electron chi connectivity index (χ2n) is 8.17. The van der Waals surface area contributed by atoms with Crippen molar-refractivity contribution in [3.05, 3.63) is 35.6 Å². The molecule has 1 atom stereocenters. The summed E-state index contributed by atoms with van der Waals surface area (Å²) in [5.74, 6) is 0.205. The number of halogens is 1. The molecule has 0 aliphatic carbocycles. The van der Waals surface area contributed by atoms with Crippen LogP contribution in [-0.4, -0.2) is 59.0 Å². The van der Waals surface area contributed by atoms with Gasteiger partial charge in [0.25, 0.3) is 0 Å². The Bertz CT molecular complexity index is 793. The van der Waals surface area contributed by atoms with Gasteiger partial charge in [0.2, 0.25) is 10.0 Å². The fourth-order valence-corrected chi connectivity index (χ4v) is 4.14. The molecule has 7 nitrogen and oxygen atoms in total. The minimum atomic E-state index is -3.40. The minimum absolute atomic E-state index is 0.0366. The van der Waals surface area contributed by atoms with E-state index in [9.17, 15) is 12.8 Å². The molecule has 1 aliphatic heterocycles. The van der Waals surface area contributed by atoms with Crippen LogP contribution < -0.4 is 15.4 Å². The van der Waals surface area contributed by atoms with E-state index in [0.717, 1.165) is 24.8 Å². The lowest BCUT2D eigenvalue weighted by Crippen LogP contribution is -2.43. The lowest BCUT2D eigenvalue weighted by molar-refractivity contribution is 0.0200. The zero-order valence-electron chi connectivity index (χ0n) is 18.2. The highest BCUT2D eigenvalue weighted by Gasteiger charge is 2.21. The fraction of sp³-hybridized carbons (Fsp3) is 0.667. The zero-order chi connectivity index (χ0) is 22.0. The molecule has 0 radical (unpaired) electrons. The number of nitrogens with zero attached hydrogens (tertiary/aromatic N) is 1. The third-order valence-electron chi connectivity index (χ3n) is 5.05. The smallest absolute Gasteiger partial charge is 0.213 e. The quantitative estimate of drug-likeness (QED) is 0.381. The summed E-state index contributed by atoms with van der Waals surface area (Å²) in [6.07, 6.45) is 2.96. The van der Waals surface area contributed by atoms with Crippen LogP contribution in [0.25, 0.3) is 0 Å². The molecule has 1 saturated heterocycles. The molecule has 3 N–H and O–H groups in total. The van der Waals surface area contributed by atoms with Crippen LogP contribution in [-0.2, 0) is 20.2 Å². The van der Waals surface area contributed by atoms with E-state index in [0.29, 0.717) is 32.2 Å². The van der Waals surface area contributed by atoms with Crippen molar-refractivity contribution in [1.82, 2.24) is 15.4 Å². The Kier molecular flexibility index (Phi) is 9.51. The molecule has 30 heavy (non-hydrogen) atoms. The Hall–Kier alpha value is -1.71. The first kappa shape index (κ1) is 24.6. The number of nitrogens with one attached hydrogen (secondary N) is 3. The van der Waals surface area contributed by atoms with Crippen molar-refractivity contribution in [3.8, 4) is 0 Å². The van der Waals surface area contributed by atoms with E-state index in [1.807, 2.05) is 26.8 Å². The number of hydrogen-bond donors (Lipinski definition) is 3. The summed E-state index contributed by atoms with van der Waals surface area (Å²) in [6, 6.07) is 6.51. The van der Waals surface area contributed by atoms with Crippen LogP contribution in [0.2, 0.25) is 0 Å². The summed E-state index contributed by atoms with van der Waals surface area (Å²) in [4.78, 5) is 4.57. The fourth-order valence-electron chi connectivity index (χ4n) is 3.18. The van der Waals surface area contributed by atoms with Crippen molar-refractivity contribution in [2.45, 2.75) is 51.6 Å². The third-order valence-corrected chi connectivity index (χ3v) is 6.40. The average Bonchev–Trinajstić information content (AvgIpc) is 2.71. The summed E-state index contributed by atoms with van der Waals surface area (Å²) in [5.41, 5.74) is 0.497. The van der Waals surface area contributed by atoms with Crippen LogP contribution in [0.5, 0.6) is 0 Å². The lowest BCUT2D eigenvalue weighted by Gasteiger charge is -2.24. The van der Waals surface area contributed by atoms with Gasteiger partial charge in [-0.3, -0.25) is 4.99 Å². The van der Waals surface area contributed by atoms with E-state index in [1.54, 1.807) is 6.07 Å². The molecule has 0 saturated carbocycles. The number of sulfonamides is 1. The predicted octanol–water partition coefficient (Wildman–Crippen LogP) is 2.15. The molecule has 0 bridgehead atoms. The monoisotopic (exact) mass is 442 g/mol. The Morgan fingerprint density at radius 3 is 2.77 bits per heavy atom. The molecule has 1 fully saturated rings. The maximum Gasteiger partial charge on any atom is 0.213 e. The summed E-state index contributed by atoms with van der Waals surface area (Å²) in [5, 5.41) is 6.18. The van der Waals surface area contributed by atoms with Crippen molar-refractivity contribution in [2.24, 2.45) is 4.99 Å². The molecule has 1 heterocycles. The first-order valence-corrected chi connectivity index (χ1v) is 12.2. The van der Waals surface area contributed by atoms with Gasteiger partial charge in [0.15, 0.2) is 5.96 Å². The summed E-state index contributed by atoms with van der Waals surface area (Å²) in [6.45, 7) is 8.25. The first-order chi connectivity index (χ1) is 14.2. The van der Waals surface area contributed by atoms with E-state index in [4.69, 9.17) is 4.74 Å². The normalized spacial score (nSPS) is 18.3. The molecule has 0 amide bonds. The standard InChI is InChI=1S/C21H35FN4O3S/c1-4-23-20(25-16-21(2,3)17-8-7-9-18(22)14-17)24-11-13-30(27,28)26-15-19-10-5-6-12-29-19/h7-9,14,19,26H,4-6,10-13,15-16H2,1-3H3,(H2,23,24,25). The van der Waals surface area contributed by atoms with Gasteiger partial charge in [-0.05, 0) is 43.9 Å². The lowest BCUT2D eigenvalue weighted by atomic mass is 9.85. The van der Waals surface area contributed by atoms with Gasteiger partial charge in [-0.25, -0.2) is 17.5 Å². The van der Waals surface area contributed by atoms with Crippen molar-refractivity contribution in [3.63, 3.8) is 0 Å². The highest BCUT2D eigenvalue weighted by molar-refractivity contribution is 7.89. The van der Waals surface area contributed by atoms with Gasteiger partial charge in [-0.2, -0.15) is 0 Å². The Balaban J connectivity index is 1.85. The molecule has 0 spiro atoms. The molecular formula is C21H35FN4O3S. The van der Waals surface area contributed by atoms with E-state index in [-0.39, 0.29) is 29.6 Å². The Morgan fingerprint density at radius 1 is 1.30 bits per heavy atom. The molecule has 1 aromatic carbocycles. The van der Waals surface area contributed by atoms with Crippen LogP contribution >= 0.6 is 0 Å². The van der Waals surface area contributed by atoms with Gasteiger partial charge in [0.05, 0.1) is 18.4 Å². The number of ether oxygens (including phenoxy) is 1. The molecular weight excluding hydrogens is 407 g/mol. The second kappa shape index (κ2) is 11.6. The zero-order valence-corrected chi connectivity index (χ0v) is 19.0. The predicted molar refractivity (Wildman–Crippen MR) is 119 cm³/mol. The van der Waals surface area contributed by atoms with Crippen LogP contribution in [0.1, 0.15) is 45.6 Å². The van der Waals surface area contributed by atoms with Gasteiger partial charge in [-0.15, -0.1) is 0 Å². The van der Waals surface area contributed by atoms with E-state index >= 15 is 0 Å². The molecule has 1 aliphatic rings. The average molecular weight is 443 g/mol. The Labute approximate surface area is 179 Å². The Morgan fingerprint density at radius 2 is 2.10 bits per heavy atom. The number of aliphatic imine (C=N–C) groups is 1. The van der Waals surface area contributed by atoms with Gasteiger partial charge < -0.3 is 15.4 Å². The van der Waals surface area contributed by atoms with E-state index in [2.05, 4.69) is 20.3 Å². The molecule has 1 unspecified atom stereocenters. The van der Waals surface area contributed by atoms with Gasteiger partial charge >= 0.3 is 0 Å². The molecule has 0 aromatic heterocycles. The third kappa shape index (κ3) is 8.57. The first-order valence-electron chi connectivity index (χ1n) is 10.6. The maximum atomic E-state index is 13.5. The highest BCUT2D eigenvalue weighted by atomic mass is 32.2. The van der Waals surface area contributed by atoms with Gasteiger partial charge in [-0.1, -0.05) is 26.0 Å². The van der Waals surface area contributed by atoms with E-state index < -0.39 is 10.0 Å². The number of hydrogen-bond acceptors (Lipinski definition) is 4. The molecule has 1 aromatic rings. The summed E-state index contributed by atoms with van der Waals surface area (Å²) in [7, 11) is -3.40. The van der Waals surface area contributed by atoms with Gasteiger partial charge in [0.1, 0.15) is 5.82 Å². The van der Waals surface area contributed by atoms with Crippen molar-refractivity contribution in [1.29, 1.82) is 0 Å². The van der Waals surface area contributed by atoms with Crippen LogP contribution in [0.3, 0.4) is 0 Å². The second-order valence-corrected chi connectivity index (χ2v) is 10.1. The van der Waals surface area contributed by atoms with Crippen molar-refractivity contribution >= 4 is 16.0 Å². The molecule has 170 valence electrons. The summed E-state index contributed by atoms with van der Waals surface area (Å²) >= 11 is 0. The highest BCUT2D eigenvalue weighted by Crippen LogP contribution is 2.24. The van der Waals surface area contributed by atoms with Gasteiger partial charge in [0, 0.05) is 31.7 Å². The van der Waals surface area contributed by atoms with E-state index in [1.165, 1.54) is 12.1 Å².